The van der Waals surface area contributed by atoms with Crippen molar-refractivity contribution in [3.63, 3.8) is 0 Å². The summed E-state index contributed by atoms with van der Waals surface area (Å²) in [4.78, 5) is 0. The number of hydrogen-bond donors (Lipinski definition) is 2. The normalized spacial score (nSPS) is 29.2. The summed E-state index contributed by atoms with van der Waals surface area (Å²) in [6.07, 6.45) is 7.97. The smallest absolute Gasteiger partial charge is 0.142 e. The van der Waals surface area contributed by atoms with Crippen LogP contribution < -0.4 is 11.1 Å². The fourth-order valence-corrected chi connectivity index (χ4v) is 3.74. The molecule has 3 N–H and O–H groups in total. The van der Waals surface area contributed by atoms with Gasteiger partial charge in [0.2, 0.25) is 0 Å². The number of nitrogens with zero attached hydrogens (tertiary/aromatic N) is 1. The zero-order chi connectivity index (χ0) is 11.8. The molecule has 17 heavy (non-hydrogen) atoms. The Balaban J connectivity index is 1.75. The largest absolute Gasteiger partial charge is 0.383 e. The van der Waals surface area contributed by atoms with Gasteiger partial charge in [0.1, 0.15) is 10.8 Å². The lowest BCUT2D eigenvalue weighted by Gasteiger charge is -2.30. The van der Waals surface area contributed by atoms with Crippen molar-refractivity contribution in [3.05, 3.63) is 5.56 Å². The maximum atomic E-state index is 5.98. The first-order valence-electron chi connectivity index (χ1n) is 6.77. The Morgan fingerprint density at radius 1 is 1.24 bits per heavy atom. The molecule has 0 radical (unpaired) electrons. The van der Waals surface area contributed by atoms with Crippen LogP contribution in [0.25, 0.3) is 0 Å². The Morgan fingerprint density at radius 2 is 2.00 bits per heavy atom. The third-order valence-corrected chi connectivity index (χ3v) is 4.98. The summed E-state index contributed by atoms with van der Waals surface area (Å²) in [7, 11) is 0. The van der Waals surface area contributed by atoms with E-state index in [0.29, 0.717) is 12.0 Å². The van der Waals surface area contributed by atoms with Crippen molar-refractivity contribution in [1.82, 2.24) is 4.37 Å². The number of nitrogens with one attached hydrogen (secondary N) is 1. The maximum absolute atomic E-state index is 5.98. The van der Waals surface area contributed by atoms with Crippen molar-refractivity contribution in [2.75, 3.05) is 11.1 Å². The minimum atomic E-state index is 0.626. The highest BCUT2D eigenvalue weighted by Gasteiger charge is 2.32. The number of anilines is 2. The molecule has 2 atom stereocenters. The molecule has 4 heteroatoms. The first-order chi connectivity index (χ1) is 8.25. The van der Waals surface area contributed by atoms with E-state index in [1.54, 1.807) is 11.5 Å². The topological polar surface area (TPSA) is 50.9 Å². The second kappa shape index (κ2) is 4.48. The molecule has 1 aromatic heterocycles. The van der Waals surface area contributed by atoms with Crippen LogP contribution in [-0.2, 0) is 0 Å². The molecule has 1 aromatic rings. The van der Waals surface area contributed by atoms with E-state index < -0.39 is 0 Å². The van der Waals surface area contributed by atoms with Crippen LogP contribution in [0, 0.1) is 5.92 Å². The van der Waals surface area contributed by atoms with Crippen molar-refractivity contribution >= 4 is 22.4 Å². The van der Waals surface area contributed by atoms with E-state index in [4.69, 9.17) is 5.73 Å². The van der Waals surface area contributed by atoms with E-state index in [0.717, 1.165) is 11.7 Å². The molecule has 1 heterocycles. The van der Waals surface area contributed by atoms with E-state index in [1.165, 1.54) is 49.1 Å². The molecule has 0 aromatic carbocycles. The summed E-state index contributed by atoms with van der Waals surface area (Å²) in [5.41, 5.74) is 7.29. The number of nitrogen functional groups attached to an aromatic ring is 1. The van der Waals surface area contributed by atoms with Gasteiger partial charge < -0.3 is 11.1 Å². The molecule has 0 aliphatic heterocycles. The zero-order valence-electron chi connectivity index (χ0n) is 10.4. The highest BCUT2D eigenvalue weighted by atomic mass is 32.1. The molecule has 2 aliphatic carbocycles. The summed E-state index contributed by atoms with van der Waals surface area (Å²) in [6, 6.07) is 0.626. The first-order valence-corrected chi connectivity index (χ1v) is 7.54. The van der Waals surface area contributed by atoms with Crippen LogP contribution in [0.2, 0.25) is 0 Å². The van der Waals surface area contributed by atoms with E-state index >= 15 is 0 Å². The maximum Gasteiger partial charge on any atom is 0.142 e. The Morgan fingerprint density at radius 3 is 2.71 bits per heavy atom. The van der Waals surface area contributed by atoms with Gasteiger partial charge in [-0.05, 0) is 49.1 Å². The lowest BCUT2D eigenvalue weighted by atomic mass is 9.86. The zero-order valence-corrected chi connectivity index (χ0v) is 11.2. The average Bonchev–Trinajstić information content (AvgIpc) is 3.08. The quantitative estimate of drug-likeness (QED) is 0.863. The van der Waals surface area contributed by atoms with Crippen LogP contribution in [-0.4, -0.2) is 10.4 Å². The van der Waals surface area contributed by atoms with E-state index in [2.05, 4.69) is 16.6 Å². The van der Waals surface area contributed by atoms with Crippen molar-refractivity contribution in [2.24, 2.45) is 5.92 Å². The van der Waals surface area contributed by atoms with Crippen molar-refractivity contribution in [1.29, 1.82) is 0 Å². The summed E-state index contributed by atoms with van der Waals surface area (Å²) in [5.74, 6) is 2.23. The summed E-state index contributed by atoms with van der Waals surface area (Å²) < 4.78 is 4.33. The van der Waals surface area contributed by atoms with Gasteiger partial charge in [0.25, 0.3) is 0 Å². The molecule has 0 bridgehead atoms. The molecule has 2 unspecified atom stereocenters. The predicted molar refractivity (Wildman–Crippen MR) is 73.5 cm³/mol. The Labute approximate surface area is 107 Å². The molecule has 0 spiro atoms. The number of rotatable bonds is 3. The Hall–Kier alpha value is -0.770. The molecule has 0 amide bonds. The molecular weight excluding hydrogens is 230 g/mol. The minimum absolute atomic E-state index is 0.626. The van der Waals surface area contributed by atoms with Crippen molar-refractivity contribution < 1.29 is 0 Å². The summed E-state index contributed by atoms with van der Waals surface area (Å²) in [5, 5.41) is 4.97. The predicted octanol–water partition coefficient (Wildman–Crippen LogP) is 3.59. The number of hydrogen-bond acceptors (Lipinski definition) is 4. The number of aromatic nitrogens is 1. The Kier molecular flexibility index (Phi) is 2.99. The third kappa shape index (κ3) is 2.28. The van der Waals surface area contributed by atoms with Crippen LogP contribution in [0.5, 0.6) is 0 Å². The summed E-state index contributed by atoms with van der Waals surface area (Å²) in [6.45, 7) is 2.36. The van der Waals surface area contributed by atoms with Crippen molar-refractivity contribution in [3.8, 4) is 0 Å². The van der Waals surface area contributed by atoms with E-state index in [9.17, 15) is 0 Å². The second-order valence-corrected chi connectivity index (χ2v) is 6.37. The SMILES string of the molecule is CC1CCCCC1Nc1snc(N)c1C1CC1. The molecule has 3 rings (SSSR count). The van der Waals surface area contributed by atoms with Gasteiger partial charge in [0, 0.05) is 11.6 Å². The fourth-order valence-electron chi connectivity index (χ4n) is 2.88. The van der Waals surface area contributed by atoms with Gasteiger partial charge in [-0.2, -0.15) is 4.37 Å². The average molecular weight is 251 g/mol. The van der Waals surface area contributed by atoms with Crippen LogP contribution in [0.1, 0.15) is 56.9 Å². The van der Waals surface area contributed by atoms with Gasteiger partial charge in [-0.15, -0.1) is 0 Å². The molecule has 3 nitrogen and oxygen atoms in total. The number of nitrogens with two attached hydrogens (primary N) is 1. The monoisotopic (exact) mass is 251 g/mol. The second-order valence-electron chi connectivity index (χ2n) is 5.60. The van der Waals surface area contributed by atoms with Gasteiger partial charge in [-0.1, -0.05) is 19.8 Å². The van der Waals surface area contributed by atoms with Crippen LogP contribution >= 0.6 is 11.5 Å². The molecule has 2 aliphatic rings. The minimum Gasteiger partial charge on any atom is -0.383 e. The highest BCUT2D eigenvalue weighted by Crippen LogP contribution is 2.48. The van der Waals surface area contributed by atoms with Gasteiger partial charge in [0.15, 0.2) is 0 Å². The van der Waals surface area contributed by atoms with Crippen molar-refractivity contribution in [2.45, 2.75) is 57.4 Å². The van der Waals surface area contributed by atoms with Gasteiger partial charge in [-0.25, -0.2) is 0 Å². The van der Waals surface area contributed by atoms with E-state index in [-0.39, 0.29) is 0 Å². The van der Waals surface area contributed by atoms with Gasteiger partial charge in [-0.3, -0.25) is 0 Å². The highest BCUT2D eigenvalue weighted by molar-refractivity contribution is 7.10. The van der Waals surface area contributed by atoms with E-state index in [1.807, 2.05) is 0 Å². The third-order valence-electron chi connectivity index (χ3n) is 4.17. The fraction of sp³-hybridized carbons (Fsp3) is 0.769. The lowest BCUT2D eigenvalue weighted by Crippen LogP contribution is -2.30. The lowest BCUT2D eigenvalue weighted by molar-refractivity contribution is 0.350. The summed E-state index contributed by atoms with van der Waals surface area (Å²) >= 11 is 1.55. The molecular formula is C13H21N3S. The van der Waals surface area contributed by atoms with Crippen LogP contribution in [0.4, 0.5) is 10.8 Å². The standard InChI is InChI=1S/C13H21N3S/c1-8-4-2-3-5-10(8)15-13-11(9-6-7-9)12(14)16-17-13/h8-10,15H,2-7H2,1H3,(H2,14,16). The molecule has 2 saturated carbocycles. The van der Waals surface area contributed by atoms with Gasteiger partial charge >= 0.3 is 0 Å². The van der Waals surface area contributed by atoms with Crippen LogP contribution in [0.15, 0.2) is 0 Å². The Bertz CT molecular complexity index is 397. The van der Waals surface area contributed by atoms with Crippen LogP contribution in [0.3, 0.4) is 0 Å². The molecule has 94 valence electrons. The first kappa shape index (κ1) is 11.3. The molecule has 0 saturated heterocycles. The van der Waals surface area contributed by atoms with Gasteiger partial charge in [0.05, 0.1) is 0 Å². The molecule has 2 fully saturated rings.